The Morgan fingerprint density at radius 2 is 2.00 bits per heavy atom. The molecule has 0 heterocycles. The lowest BCUT2D eigenvalue weighted by molar-refractivity contribution is 0.490. The standard InChI is InChI=1S/C9H20IN/c1-4-8(2)5-6-9(10)7-11-3/h8-9,11H,4-7H2,1-3H3. The molecule has 0 bridgehead atoms. The summed E-state index contributed by atoms with van der Waals surface area (Å²) in [5.41, 5.74) is 0. The third-order valence-corrected chi connectivity index (χ3v) is 3.16. The summed E-state index contributed by atoms with van der Waals surface area (Å²) in [6.07, 6.45) is 4.06. The van der Waals surface area contributed by atoms with Crippen LogP contribution in [-0.4, -0.2) is 17.5 Å². The molecule has 1 nitrogen and oxygen atoms in total. The Morgan fingerprint density at radius 1 is 1.36 bits per heavy atom. The fourth-order valence-corrected chi connectivity index (χ4v) is 1.79. The van der Waals surface area contributed by atoms with E-state index in [0.717, 1.165) is 16.4 Å². The molecule has 2 heteroatoms. The summed E-state index contributed by atoms with van der Waals surface area (Å²) < 4.78 is 0.812. The van der Waals surface area contributed by atoms with Crippen molar-refractivity contribution >= 4 is 22.6 Å². The van der Waals surface area contributed by atoms with E-state index in [0.29, 0.717) is 0 Å². The Labute approximate surface area is 84.5 Å². The summed E-state index contributed by atoms with van der Waals surface area (Å²) in [4.78, 5) is 0. The maximum absolute atomic E-state index is 3.20. The number of hydrogen-bond donors (Lipinski definition) is 1. The molecule has 0 aromatic rings. The Bertz CT molecular complexity index is 85.6. The van der Waals surface area contributed by atoms with Crippen molar-refractivity contribution in [1.82, 2.24) is 5.32 Å². The highest BCUT2D eigenvalue weighted by Crippen LogP contribution is 2.15. The average molecular weight is 269 g/mol. The van der Waals surface area contributed by atoms with Crippen LogP contribution in [0.15, 0.2) is 0 Å². The van der Waals surface area contributed by atoms with Crippen molar-refractivity contribution in [3.8, 4) is 0 Å². The van der Waals surface area contributed by atoms with Crippen LogP contribution in [0.4, 0.5) is 0 Å². The Kier molecular flexibility index (Phi) is 7.81. The lowest BCUT2D eigenvalue weighted by atomic mass is 10.0. The van der Waals surface area contributed by atoms with Crippen LogP contribution >= 0.6 is 22.6 Å². The quantitative estimate of drug-likeness (QED) is 0.577. The van der Waals surface area contributed by atoms with E-state index in [1.165, 1.54) is 19.3 Å². The van der Waals surface area contributed by atoms with Crippen molar-refractivity contribution in [2.75, 3.05) is 13.6 Å². The van der Waals surface area contributed by atoms with E-state index >= 15 is 0 Å². The molecule has 0 fully saturated rings. The van der Waals surface area contributed by atoms with Gasteiger partial charge in [0.1, 0.15) is 0 Å². The van der Waals surface area contributed by atoms with Crippen LogP contribution in [0.3, 0.4) is 0 Å². The van der Waals surface area contributed by atoms with Crippen LogP contribution in [0.1, 0.15) is 33.1 Å². The fourth-order valence-electron chi connectivity index (χ4n) is 0.993. The van der Waals surface area contributed by atoms with E-state index in [4.69, 9.17) is 0 Å². The van der Waals surface area contributed by atoms with Gasteiger partial charge in [-0.2, -0.15) is 0 Å². The van der Waals surface area contributed by atoms with Crippen LogP contribution in [0, 0.1) is 5.92 Å². The van der Waals surface area contributed by atoms with E-state index in [2.05, 4.69) is 41.8 Å². The minimum absolute atomic E-state index is 0.812. The first-order valence-electron chi connectivity index (χ1n) is 4.49. The van der Waals surface area contributed by atoms with Crippen LogP contribution in [-0.2, 0) is 0 Å². The van der Waals surface area contributed by atoms with Crippen molar-refractivity contribution in [3.05, 3.63) is 0 Å². The Morgan fingerprint density at radius 3 is 2.45 bits per heavy atom. The Hall–Kier alpha value is 0.690. The Balaban J connectivity index is 3.22. The van der Waals surface area contributed by atoms with Gasteiger partial charge in [-0.25, -0.2) is 0 Å². The normalized spacial score (nSPS) is 16.4. The summed E-state index contributed by atoms with van der Waals surface area (Å²) in [6.45, 7) is 5.75. The van der Waals surface area contributed by atoms with Gasteiger partial charge in [0.25, 0.3) is 0 Å². The summed E-state index contributed by atoms with van der Waals surface area (Å²) in [5.74, 6) is 0.907. The summed E-state index contributed by atoms with van der Waals surface area (Å²) in [6, 6.07) is 0. The van der Waals surface area contributed by atoms with E-state index in [1.807, 2.05) is 7.05 Å². The second kappa shape index (κ2) is 7.35. The van der Waals surface area contributed by atoms with Gasteiger partial charge in [-0.1, -0.05) is 42.9 Å². The number of halogens is 1. The zero-order valence-electron chi connectivity index (χ0n) is 7.86. The number of hydrogen-bond acceptors (Lipinski definition) is 1. The third-order valence-electron chi connectivity index (χ3n) is 2.10. The van der Waals surface area contributed by atoms with E-state index in [1.54, 1.807) is 0 Å². The fraction of sp³-hybridized carbons (Fsp3) is 1.00. The largest absolute Gasteiger partial charge is 0.319 e. The molecule has 2 unspecified atom stereocenters. The molecule has 1 N–H and O–H groups in total. The first-order valence-corrected chi connectivity index (χ1v) is 5.73. The maximum atomic E-state index is 3.20. The van der Waals surface area contributed by atoms with E-state index < -0.39 is 0 Å². The molecule has 0 radical (unpaired) electrons. The third kappa shape index (κ3) is 7.06. The lowest BCUT2D eigenvalue weighted by Gasteiger charge is -2.12. The molecule has 68 valence electrons. The first kappa shape index (κ1) is 11.7. The van der Waals surface area contributed by atoms with Gasteiger partial charge in [0, 0.05) is 10.5 Å². The molecule has 0 aromatic carbocycles. The summed E-state index contributed by atoms with van der Waals surface area (Å²) in [5, 5.41) is 3.20. The monoisotopic (exact) mass is 269 g/mol. The van der Waals surface area contributed by atoms with Gasteiger partial charge >= 0.3 is 0 Å². The number of rotatable bonds is 6. The van der Waals surface area contributed by atoms with Crippen LogP contribution in [0.5, 0.6) is 0 Å². The molecular weight excluding hydrogens is 249 g/mol. The molecule has 0 aromatic heterocycles. The van der Waals surface area contributed by atoms with Gasteiger partial charge in [0.05, 0.1) is 0 Å². The predicted molar refractivity (Wildman–Crippen MR) is 60.4 cm³/mol. The maximum Gasteiger partial charge on any atom is 0.0234 e. The topological polar surface area (TPSA) is 12.0 Å². The highest BCUT2D eigenvalue weighted by atomic mass is 127. The predicted octanol–water partition coefficient (Wildman–Crippen LogP) is 2.84. The molecule has 0 rings (SSSR count). The van der Waals surface area contributed by atoms with Gasteiger partial charge in [-0.05, 0) is 25.8 Å². The minimum Gasteiger partial charge on any atom is -0.319 e. The molecule has 0 saturated carbocycles. The second-order valence-electron chi connectivity index (χ2n) is 3.25. The van der Waals surface area contributed by atoms with E-state index in [-0.39, 0.29) is 0 Å². The van der Waals surface area contributed by atoms with Crippen molar-refractivity contribution in [2.24, 2.45) is 5.92 Å². The molecule has 0 aliphatic carbocycles. The molecular formula is C9H20IN. The zero-order chi connectivity index (χ0) is 8.69. The number of alkyl halides is 1. The molecule has 0 spiro atoms. The molecule has 0 saturated heterocycles. The second-order valence-corrected chi connectivity index (χ2v) is 5.01. The van der Waals surface area contributed by atoms with Crippen LogP contribution < -0.4 is 5.32 Å². The molecule has 11 heavy (non-hydrogen) atoms. The highest BCUT2D eigenvalue weighted by molar-refractivity contribution is 14.1. The summed E-state index contributed by atoms with van der Waals surface area (Å²) >= 11 is 2.53. The average Bonchev–Trinajstić information content (AvgIpc) is 2.01. The van der Waals surface area contributed by atoms with Crippen molar-refractivity contribution in [2.45, 2.75) is 37.0 Å². The van der Waals surface area contributed by atoms with E-state index in [9.17, 15) is 0 Å². The minimum atomic E-state index is 0.812. The first-order chi connectivity index (χ1) is 5.20. The molecule has 0 aliphatic heterocycles. The highest BCUT2D eigenvalue weighted by Gasteiger charge is 2.04. The molecule has 2 atom stereocenters. The van der Waals surface area contributed by atoms with Crippen molar-refractivity contribution in [3.63, 3.8) is 0 Å². The summed E-state index contributed by atoms with van der Waals surface area (Å²) in [7, 11) is 2.02. The molecule has 0 aliphatic rings. The SMILES string of the molecule is CCC(C)CCC(I)CNC. The van der Waals surface area contributed by atoms with Crippen LogP contribution in [0.2, 0.25) is 0 Å². The van der Waals surface area contributed by atoms with Gasteiger partial charge in [-0.3, -0.25) is 0 Å². The van der Waals surface area contributed by atoms with Gasteiger partial charge < -0.3 is 5.32 Å². The van der Waals surface area contributed by atoms with Gasteiger partial charge in [-0.15, -0.1) is 0 Å². The van der Waals surface area contributed by atoms with Crippen molar-refractivity contribution < 1.29 is 0 Å². The number of nitrogens with one attached hydrogen (secondary N) is 1. The molecule has 0 amide bonds. The lowest BCUT2D eigenvalue weighted by Crippen LogP contribution is -2.18. The van der Waals surface area contributed by atoms with Crippen molar-refractivity contribution in [1.29, 1.82) is 0 Å². The van der Waals surface area contributed by atoms with Gasteiger partial charge in [0.2, 0.25) is 0 Å². The van der Waals surface area contributed by atoms with Crippen LogP contribution in [0.25, 0.3) is 0 Å². The smallest absolute Gasteiger partial charge is 0.0234 e. The van der Waals surface area contributed by atoms with Gasteiger partial charge in [0.15, 0.2) is 0 Å². The zero-order valence-corrected chi connectivity index (χ0v) is 10.0.